The quantitative estimate of drug-likeness (QED) is 0.502. The van der Waals surface area contributed by atoms with E-state index in [9.17, 15) is 14.7 Å². The van der Waals surface area contributed by atoms with Gasteiger partial charge in [-0.15, -0.1) is 11.8 Å². The van der Waals surface area contributed by atoms with Crippen LogP contribution in [-0.4, -0.2) is 45.1 Å². The molecule has 7 nitrogen and oxygen atoms in total. The van der Waals surface area contributed by atoms with Crippen LogP contribution < -0.4 is 11.1 Å². The first-order valence-corrected chi connectivity index (χ1v) is 6.83. The molecule has 1 aliphatic rings. The summed E-state index contributed by atoms with van der Waals surface area (Å²) in [4.78, 5) is 22.3. The molecule has 1 heterocycles. The number of aromatic hydroxyl groups is 1. The van der Waals surface area contributed by atoms with Crippen LogP contribution >= 0.6 is 11.8 Å². The molecular formula is C12H14N2O5S. The zero-order valence-corrected chi connectivity index (χ0v) is 11.2. The van der Waals surface area contributed by atoms with Crippen molar-refractivity contribution in [3.05, 3.63) is 17.7 Å². The predicted octanol–water partition coefficient (Wildman–Crippen LogP) is 0.317. The number of rotatable bonds is 4. The minimum Gasteiger partial charge on any atom is -0.506 e. The van der Waals surface area contributed by atoms with E-state index >= 15 is 0 Å². The molecule has 1 aromatic carbocycles. The van der Waals surface area contributed by atoms with Gasteiger partial charge in [0, 0.05) is 10.6 Å². The number of nitrogens with one attached hydrogen (secondary N) is 1. The van der Waals surface area contributed by atoms with Gasteiger partial charge in [0.25, 0.3) is 0 Å². The second-order valence-corrected chi connectivity index (χ2v) is 5.54. The zero-order chi connectivity index (χ0) is 14.9. The molecule has 1 aliphatic heterocycles. The zero-order valence-electron chi connectivity index (χ0n) is 10.4. The van der Waals surface area contributed by atoms with E-state index in [1.165, 1.54) is 17.8 Å². The van der Waals surface area contributed by atoms with E-state index in [1.807, 2.05) is 0 Å². The Labute approximate surface area is 118 Å². The van der Waals surface area contributed by atoms with Gasteiger partial charge in [-0.3, -0.25) is 4.79 Å². The number of hydrogen-bond acceptors (Lipinski definition) is 6. The maximum Gasteiger partial charge on any atom is 0.327 e. The standard InChI is InChI=1S/C12H14N2O5S/c13-6(11(16)17)1-5-2-8(15)10-9(3-5)20-4-7(14-10)12(18)19/h2-3,6-7,14-15H,1,4,13H2,(H,16,17)(H,18,19). The summed E-state index contributed by atoms with van der Waals surface area (Å²) in [5.41, 5.74) is 6.41. The van der Waals surface area contributed by atoms with Gasteiger partial charge < -0.3 is 26.4 Å². The molecule has 0 saturated heterocycles. The molecule has 2 atom stereocenters. The number of nitrogens with two attached hydrogens (primary N) is 1. The SMILES string of the molecule is NC(Cc1cc(O)c2c(c1)SCC(C(=O)O)N2)C(=O)O. The summed E-state index contributed by atoms with van der Waals surface area (Å²) >= 11 is 1.30. The summed E-state index contributed by atoms with van der Waals surface area (Å²) in [6.07, 6.45) is 0.0963. The van der Waals surface area contributed by atoms with Crippen molar-refractivity contribution in [2.45, 2.75) is 23.4 Å². The molecule has 8 heteroatoms. The summed E-state index contributed by atoms with van der Waals surface area (Å²) in [5, 5.41) is 30.4. The van der Waals surface area contributed by atoms with Crippen LogP contribution in [0.4, 0.5) is 5.69 Å². The van der Waals surface area contributed by atoms with Crippen molar-refractivity contribution in [3.63, 3.8) is 0 Å². The Morgan fingerprint density at radius 3 is 2.75 bits per heavy atom. The second-order valence-electron chi connectivity index (χ2n) is 4.48. The van der Waals surface area contributed by atoms with Crippen LogP contribution in [0.25, 0.3) is 0 Å². The first-order chi connectivity index (χ1) is 9.38. The van der Waals surface area contributed by atoms with Crippen LogP contribution in [-0.2, 0) is 16.0 Å². The van der Waals surface area contributed by atoms with Gasteiger partial charge in [0.05, 0.1) is 5.69 Å². The number of thioether (sulfide) groups is 1. The fraction of sp³-hybridized carbons (Fsp3) is 0.333. The van der Waals surface area contributed by atoms with E-state index in [4.69, 9.17) is 15.9 Å². The first-order valence-electron chi connectivity index (χ1n) is 5.85. The summed E-state index contributed by atoms with van der Waals surface area (Å²) in [6.45, 7) is 0. The highest BCUT2D eigenvalue weighted by Crippen LogP contribution is 2.40. The van der Waals surface area contributed by atoms with Gasteiger partial charge in [-0.05, 0) is 24.1 Å². The van der Waals surface area contributed by atoms with Gasteiger partial charge in [0.2, 0.25) is 0 Å². The Hall–Kier alpha value is -1.93. The number of phenols is 1. The van der Waals surface area contributed by atoms with E-state index in [1.54, 1.807) is 6.07 Å². The number of carbonyl (C=O) groups is 2. The number of phenolic OH excluding ortho intramolecular Hbond substituents is 1. The smallest absolute Gasteiger partial charge is 0.327 e. The highest BCUT2D eigenvalue weighted by atomic mass is 32.2. The first kappa shape index (κ1) is 14.5. The van der Waals surface area contributed by atoms with Crippen molar-refractivity contribution in [1.82, 2.24) is 0 Å². The molecule has 0 amide bonds. The largest absolute Gasteiger partial charge is 0.506 e. The van der Waals surface area contributed by atoms with E-state index < -0.39 is 24.0 Å². The molecule has 2 unspecified atom stereocenters. The number of aliphatic carboxylic acids is 2. The number of carboxylic acids is 2. The lowest BCUT2D eigenvalue weighted by Gasteiger charge is -2.25. The highest BCUT2D eigenvalue weighted by Gasteiger charge is 2.26. The summed E-state index contributed by atoms with van der Waals surface area (Å²) in [7, 11) is 0. The minimum absolute atomic E-state index is 0.0963. The average Bonchev–Trinajstić information content (AvgIpc) is 2.38. The van der Waals surface area contributed by atoms with E-state index in [0.29, 0.717) is 21.9 Å². The lowest BCUT2D eigenvalue weighted by molar-refractivity contribution is -0.139. The Kier molecular flexibility index (Phi) is 4.05. The van der Waals surface area contributed by atoms with Crippen molar-refractivity contribution >= 4 is 29.4 Å². The minimum atomic E-state index is -1.11. The molecule has 0 spiro atoms. The third-order valence-corrected chi connectivity index (χ3v) is 4.07. The second kappa shape index (κ2) is 5.59. The molecule has 6 N–H and O–H groups in total. The Balaban J connectivity index is 2.24. The maximum absolute atomic E-state index is 10.9. The predicted molar refractivity (Wildman–Crippen MR) is 73.2 cm³/mol. The molecule has 0 aliphatic carbocycles. The summed E-state index contributed by atoms with van der Waals surface area (Å²) in [6, 6.07) is 1.32. The number of fused-ring (bicyclic) bond motifs is 1. The molecule has 20 heavy (non-hydrogen) atoms. The normalized spacial score (nSPS) is 18.8. The van der Waals surface area contributed by atoms with Gasteiger partial charge >= 0.3 is 11.9 Å². The van der Waals surface area contributed by atoms with Crippen molar-refractivity contribution in [2.75, 3.05) is 11.1 Å². The monoisotopic (exact) mass is 298 g/mol. The van der Waals surface area contributed by atoms with E-state index in [-0.39, 0.29) is 12.2 Å². The number of anilines is 1. The van der Waals surface area contributed by atoms with Crippen LogP contribution in [0, 0.1) is 0 Å². The summed E-state index contributed by atoms with van der Waals surface area (Å²) in [5.74, 6) is -1.87. The van der Waals surface area contributed by atoms with Gasteiger partial charge in [0.15, 0.2) is 0 Å². The lowest BCUT2D eigenvalue weighted by atomic mass is 10.1. The number of carboxylic acid groups (broad SMARTS) is 2. The topological polar surface area (TPSA) is 133 Å². The molecule has 108 valence electrons. The molecule has 2 rings (SSSR count). The lowest BCUT2D eigenvalue weighted by Crippen LogP contribution is -2.34. The molecule has 0 aromatic heterocycles. The fourth-order valence-electron chi connectivity index (χ4n) is 1.90. The summed E-state index contributed by atoms with van der Waals surface area (Å²) < 4.78 is 0. The van der Waals surface area contributed by atoms with Crippen LogP contribution in [0.15, 0.2) is 17.0 Å². The van der Waals surface area contributed by atoms with Crippen molar-refractivity contribution in [3.8, 4) is 5.75 Å². The third kappa shape index (κ3) is 2.97. The van der Waals surface area contributed by atoms with Gasteiger partial charge in [-0.25, -0.2) is 4.79 Å². The molecule has 0 radical (unpaired) electrons. The molecule has 1 aromatic rings. The van der Waals surface area contributed by atoms with Gasteiger partial charge in [-0.2, -0.15) is 0 Å². The Morgan fingerprint density at radius 2 is 2.15 bits per heavy atom. The van der Waals surface area contributed by atoms with Crippen molar-refractivity contribution < 1.29 is 24.9 Å². The third-order valence-electron chi connectivity index (χ3n) is 2.94. The van der Waals surface area contributed by atoms with Crippen LogP contribution in [0.5, 0.6) is 5.75 Å². The van der Waals surface area contributed by atoms with Crippen molar-refractivity contribution in [2.24, 2.45) is 5.73 Å². The van der Waals surface area contributed by atoms with Crippen molar-refractivity contribution in [1.29, 1.82) is 0 Å². The molecular weight excluding hydrogens is 284 g/mol. The van der Waals surface area contributed by atoms with Gasteiger partial charge in [0.1, 0.15) is 17.8 Å². The average molecular weight is 298 g/mol. The van der Waals surface area contributed by atoms with Crippen LogP contribution in [0.3, 0.4) is 0 Å². The van der Waals surface area contributed by atoms with Crippen LogP contribution in [0.2, 0.25) is 0 Å². The maximum atomic E-state index is 10.9. The Bertz CT molecular complexity index is 563. The van der Waals surface area contributed by atoms with Gasteiger partial charge in [-0.1, -0.05) is 0 Å². The number of hydrogen-bond donors (Lipinski definition) is 5. The molecule has 0 fully saturated rings. The highest BCUT2D eigenvalue weighted by molar-refractivity contribution is 7.99. The molecule has 0 saturated carbocycles. The number of benzene rings is 1. The fourth-order valence-corrected chi connectivity index (χ4v) is 3.01. The van der Waals surface area contributed by atoms with E-state index in [0.717, 1.165) is 0 Å². The Morgan fingerprint density at radius 1 is 1.45 bits per heavy atom. The molecule has 0 bridgehead atoms. The van der Waals surface area contributed by atoms with E-state index in [2.05, 4.69) is 5.32 Å². The van der Waals surface area contributed by atoms with Crippen LogP contribution in [0.1, 0.15) is 5.56 Å².